The molecule has 0 aliphatic carbocycles. The lowest BCUT2D eigenvalue weighted by atomic mass is 9.95. The maximum atomic E-state index is 16.1. The normalized spacial score (nSPS) is 13.3. The van der Waals surface area contributed by atoms with E-state index >= 15 is 8.78 Å². The van der Waals surface area contributed by atoms with E-state index in [-0.39, 0.29) is 11.1 Å². The molecule has 4 aromatic rings. The largest absolute Gasteiger partial charge is 0.203 e. The summed E-state index contributed by atoms with van der Waals surface area (Å²) >= 11 is 2.95. The monoisotopic (exact) mass is 627 g/mol. The van der Waals surface area contributed by atoms with Gasteiger partial charge >= 0.3 is 0 Å². The van der Waals surface area contributed by atoms with Crippen molar-refractivity contribution in [3.05, 3.63) is 45.7 Å². The fourth-order valence-electron chi connectivity index (χ4n) is 5.87. The van der Waals surface area contributed by atoms with Crippen LogP contribution in [0.15, 0.2) is 22.9 Å². The molecule has 43 heavy (non-hydrogen) atoms. The molecule has 3 heterocycles. The zero-order chi connectivity index (χ0) is 30.8. The van der Waals surface area contributed by atoms with Gasteiger partial charge in [0.25, 0.3) is 0 Å². The smallest absolute Gasteiger partial charge is 0.170 e. The summed E-state index contributed by atoms with van der Waals surface area (Å²) < 4.78 is 32.1. The van der Waals surface area contributed by atoms with Gasteiger partial charge in [-0.1, -0.05) is 105 Å². The van der Waals surface area contributed by atoms with Gasteiger partial charge in [-0.25, -0.2) is 8.78 Å². The molecule has 0 N–H and O–H groups in total. The first-order valence-electron chi connectivity index (χ1n) is 16.8. The Morgan fingerprint density at radius 3 is 1.67 bits per heavy atom. The topological polar surface area (TPSA) is 30.7 Å². The minimum Gasteiger partial charge on any atom is -0.203 e. The van der Waals surface area contributed by atoms with Crippen LogP contribution in [0, 0.1) is 23.5 Å². The fraction of sp³-hybridized carbons (Fsp3) is 0.611. The van der Waals surface area contributed by atoms with Crippen molar-refractivity contribution in [2.75, 3.05) is 0 Å². The summed E-state index contributed by atoms with van der Waals surface area (Å²) in [5, 5.41) is 13.7. The first-order valence-corrected chi connectivity index (χ1v) is 18.5. The van der Waals surface area contributed by atoms with Crippen molar-refractivity contribution in [3.8, 4) is 20.9 Å². The standard InChI is InChI=1S/C36H51F2N3S2/c1-6-9-11-12-13-14-15-16-17-26(5)20-28-22-30(43-24-28)32-34(38)33(37)31(29-21-27(23-42-29)19-25(4)8-3)35-36(32)40-41(39-35)18-10-7-2/h21-26H,6-20H2,1-5H3. The third-order valence-electron chi connectivity index (χ3n) is 8.69. The summed E-state index contributed by atoms with van der Waals surface area (Å²) in [5.74, 6) is -0.537. The van der Waals surface area contributed by atoms with Crippen molar-refractivity contribution >= 4 is 33.7 Å². The van der Waals surface area contributed by atoms with Crippen LogP contribution in [-0.2, 0) is 19.4 Å². The zero-order valence-electron chi connectivity index (χ0n) is 27.0. The Labute approximate surface area is 266 Å². The summed E-state index contributed by atoms with van der Waals surface area (Å²) in [6, 6.07) is 4.06. The highest BCUT2D eigenvalue weighted by molar-refractivity contribution is 7.14. The first-order chi connectivity index (χ1) is 20.9. The lowest BCUT2D eigenvalue weighted by molar-refractivity contribution is 0.479. The van der Waals surface area contributed by atoms with Crippen LogP contribution in [0.5, 0.6) is 0 Å². The third-order valence-corrected chi connectivity index (χ3v) is 10.7. The maximum absolute atomic E-state index is 16.1. The molecule has 0 saturated heterocycles. The number of fused-ring (bicyclic) bond motifs is 1. The number of nitrogens with zero attached hydrogens (tertiary/aromatic N) is 3. The predicted molar refractivity (Wildman–Crippen MR) is 182 cm³/mol. The Balaban J connectivity index is 1.54. The van der Waals surface area contributed by atoms with E-state index in [2.05, 4.69) is 45.4 Å². The van der Waals surface area contributed by atoms with Gasteiger partial charge in [-0.3, -0.25) is 0 Å². The number of benzene rings is 1. The molecule has 3 nitrogen and oxygen atoms in total. The number of unbranched alkanes of at least 4 members (excludes halogenated alkanes) is 8. The summed E-state index contributed by atoms with van der Waals surface area (Å²) in [6.45, 7) is 11.7. The van der Waals surface area contributed by atoms with E-state index in [9.17, 15) is 0 Å². The second kappa shape index (κ2) is 16.8. The molecule has 0 amide bonds. The highest BCUT2D eigenvalue weighted by atomic mass is 32.1. The predicted octanol–water partition coefficient (Wildman–Crippen LogP) is 12.3. The average molecular weight is 628 g/mol. The first kappa shape index (κ1) is 33.8. The van der Waals surface area contributed by atoms with Crippen molar-refractivity contribution in [1.82, 2.24) is 15.0 Å². The van der Waals surface area contributed by atoms with Gasteiger partial charge in [0, 0.05) is 9.75 Å². The van der Waals surface area contributed by atoms with Crippen LogP contribution in [0.1, 0.15) is 123 Å². The van der Waals surface area contributed by atoms with E-state index < -0.39 is 11.6 Å². The molecular weight excluding hydrogens is 577 g/mol. The van der Waals surface area contributed by atoms with Crippen LogP contribution in [0.4, 0.5) is 8.78 Å². The molecule has 0 aliphatic heterocycles. The molecule has 2 unspecified atom stereocenters. The van der Waals surface area contributed by atoms with Gasteiger partial charge in [-0.2, -0.15) is 15.0 Å². The molecule has 7 heteroatoms. The van der Waals surface area contributed by atoms with Gasteiger partial charge in [0.1, 0.15) is 11.0 Å². The van der Waals surface area contributed by atoms with Gasteiger partial charge < -0.3 is 0 Å². The average Bonchev–Trinajstić information content (AvgIpc) is 3.75. The van der Waals surface area contributed by atoms with E-state index in [4.69, 9.17) is 10.2 Å². The van der Waals surface area contributed by atoms with Gasteiger partial charge in [-0.15, -0.1) is 22.7 Å². The quantitative estimate of drug-likeness (QED) is 0.0968. The van der Waals surface area contributed by atoms with Crippen LogP contribution in [0.3, 0.4) is 0 Å². The number of rotatable bonds is 19. The molecule has 0 bridgehead atoms. The Kier molecular flexibility index (Phi) is 13.2. The Hall–Kier alpha value is -2.12. The summed E-state index contributed by atoms with van der Waals surface area (Å²) in [5.41, 5.74) is 3.77. The third kappa shape index (κ3) is 8.97. The van der Waals surface area contributed by atoms with E-state index in [0.717, 1.165) is 47.4 Å². The molecule has 0 aliphatic rings. The van der Waals surface area contributed by atoms with Crippen molar-refractivity contribution in [1.29, 1.82) is 0 Å². The molecule has 2 atom stereocenters. The SMILES string of the molecule is CCCCCCCCCCC(C)Cc1csc(-c2c(F)c(F)c(-c3cc(CC(C)CC)cs3)c3nn(CCCC)nc23)c1. The highest BCUT2D eigenvalue weighted by Crippen LogP contribution is 2.43. The van der Waals surface area contributed by atoms with Gasteiger partial charge in [0.2, 0.25) is 0 Å². The van der Waals surface area contributed by atoms with E-state index in [1.807, 2.05) is 12.1 Å². The molecular formula is C36H51F2N3S2. The molecule has 4 rings (SSSR count). The summed E-state index contributed by atoms with van der Waals surface area (Å²) in [6.07, 6.45) is 16.7. The van der Waals surface area contributed by atoms with Crippen LogP contribution in [0.25, 0.3) is 31.9 Å². The number of halogens is 2. The molecule has 1 aromatic carbocycles. The number of hydrogen-bond donors (Lipinski definition) is 0. The molecule has 236 valence electrons. The van der Waals surface area contributed by atoms with Crippen molar-refractivity contribution < 1.29 is 8.78 Å². The lowest BCUT2D eigenvalue weighted by Gasteiger charge is -2.10. The molecule has 0 fully saturated rings. The summed E-state index contributed by atoms with van der Waals surface area (Å²) in [4.78, 5) is 3.08. The molecule has 0 saturated carbocycles. The van der Waals surface area contributed by atoms with Gasteiger partial charge in [-0.05, 0) is 65.1 Å². The van der Waals surface area contributed by atoms with Crippen molar-refractivity contribution in [3.63, 3.8) is 0 Å². The maximum Gasteiger partial charge on any atom is 0.170 e. The number of hydrogen-bond acceptors (Lipinski definition) is 4. The fourth-order valence-corrected chi connectivity index (χ4v) is 7.80. The van der Waals surface area contributed by atoms with Gasteiger partial charge in [0.05, 0.1) is 17.7 Å². The van der Waals surface area contributed by atoms with Crippen molar-refractivity contribution in [2.24, 2.45) is 11.8 Å². The number of aromatic nitrogens is 3. The Bertz CT molecular complexity index is 1420. The highest BCUT2D eigenvalue weighted by Gasteiger charge is 2.27. The Morgan fingerprint density at radius 2 is 1.16 bits per heavy atom. The summed E-state index contributed by atoms with van der Waals surface area (Å²) in [7, 11) is 0. The van der Waals surface area contributed by atoms with Crippen LogP contribution in [-0.4, -0.2) is 15.0 Å². The van der Waals surface area contributed by atoms with E-state index in [0.29, 0.717) is 29.4 Å². The lowest BCUT2D eigenvalue weighted by Crippen LogP contribution is -2.01. The minimum atomic E-state index is -0.819. The Morgan fingerprint density at radius 1 is 0.674 bits per heavy atom. The zero-order valence-corrected chi connectivity index (χ0v) is 28.6. The number of aryl methyl sites for hydroxylation is 1. The molecule has 0 radical (unpaired) electrons. The minimum absolute atomic E-state index is 0.246. The molecule has 3 aromatic heterocycles. The number of thiophene rings is 2. The van der Waals surface area contributed by atoms with E-state index in [1.165, 1.54) is 86.0 Å². The second-order valence-corrected chi connectivity index (χ2v) is 14.5. The van der Waals surface area contributed by atoms with Crippen LogP contribution < -0.4 is 0 Å². The van der Waals surface area contributed by atoms with Gasteiger partial charge in [0.15, 0.2) is 11.6 Å². The van der Waals surface area contributed by atoms with Crippen LogP contribution in [0.2, 0.25) is 0 Å². The van der Waals surface area contributed by atoms with Crippen LogP contribution >= 0.6 is 22.7 Å². The molecule has 0 spiro atoms. The van der Waals surface area contributed by atoms with Crippen molar-refractivity contribution in [2.45, 2.75) is 131 Å². The second-order valence-electron chi connectivity index (χ2n) is 12.7. The van der Waals surface area contributed by atoms with E-state index in [1.54, 1.807) is 4.80 Å².